The predicted molar refractivity (Wildman–Crippen MR) is 120 cm³/mol. The summed E-state index contributed by atoms with van der Waals surface area (Å²) in [5.41, 5.74) is 6.20. The van der Waals surface area contributed by atoms with Gasteiger partial charge < -0.3 is 5.73 Å². The molecule has 0 aromatic carbocycles. The number of hydrogen-bond acceptors (Lipinski definition) is 9. The Balaban J connectivity index is 1.69. The monoisotopic (exact) mass is 459 g/mol. The maximum absolute atomic E-state index is 12.6. The summed E-state index contributed by atoms with van der Waals surface area (Å²) < 4.78 is 0. The number of nitrogen functional groups attached to an aromatic ring is 1. The highest BCUT2D eigenvalue weighted by Crippen LogP contribution is 2.29. The normalized spacial score (nSPS) is 12.4. The number of anilines is 2. The van der Waals surface area contributed by atoms with Crippen LogP contribution < -0.4 is 11.1 Å². The van der Waals surface area contributed by atoms with E-state index < -0.39 is 0 Å². The number of carbonyl (C=O) groups excluding carboxylic acids is 2. The Morgan fingerprint density at radius 2 is 1.94 bits per heavy atom. The molecule has 3 aromatic heterocycles. The molecule has 3 aromatic rings. The summed E-state index contributed by atoms with van der Waals surface area (Å²) in [5.74, 6) is -0.355. The SMILES string of the molecule is CC(CC(=O)c1cc(N)ncn1)c1ncc(C(=O)Nc2ncc(Cl)c(C(C)(C)C)n2)s1. The van der Waals surface area contributed by atoms with Gasteiger partial charge in [-0.25, -0.2) is 24.9 Å². The minimum atomic E-state index is -0.381. The number of thiazole rings is 1. The van der Waals surface area contributed by atoms with Crippen molar-refractivity contribution >= 4 is 46.4 Å². The molecule has 0 saturated heterocycles. The Hall–Kier alpha value is -2.98. The number of halogens is 1. The Bertz CT molecular complexity index is 1130. The Morgan fingerprint density at radius 1 is 1.19 bits per heavy atom. The summed E-state index contributed by atoms with van der Waals surface area (Å²) >= 11 is 7.39. The fraction of sp³-hybridized carbons (Fsp3) is 0.350. The third kappa shape index (κ3) is 5.59. The fourth-order valence-corrected chi connectivity index (χ4v) is 3.97. The lowest BCUT2D eigenvalue weighted by Gasteiger charge is -2.19. The van der Waals surface area contributed by atoms with Crippen LogP contribution in [-0.2, 0) is 5.41 Å². The van der Waals surface area contributed by atoms with Crippen LogP contribution in [-0.4, -0.2) is 36.6 Å². The maximum atomic E-state index is 12.6. The zero-order valence-corrected chi connectivity index (χ0v) is 19.1. The number of rotatable bonds is 6. The summed E-state index contributed by atoms with van der Waals surface area (Å²) in [7, 11) is 0. The second kappa shape index (κ2) is 9.03. The molecular formula is C20H22ClN7O2S. The highest BCUT2D eigenvalue weighted by Gasteiger charge is 2.22. The summed E-state index contributed by atoms with van der Waals surface area (Å²) in [6, 6.07) is 1.44. The summed E-state index contributed by atoms with van der Waals surface area (Å²) in [6.45, 7) is 7.78. The number of nitrogens with zero attached hydrogens (tertiary/aromatic N) is 5. The van der Waals surface area contributed by atoms with Crippen molar-refractivity contribution in [3.05, 3.63) is 51.1 Å². The largest absolute Gasteiger partial charge is 0.384 e. The van der Waals surface area contributed by atoms with Crippen LogP contribution in [0.3, 0.4) is 0 Å². The van der Waals surface area contributed by atoms with E-state index in [9.17, 15) is 9.59 Å². The van der Waals surface area contributed by atoms with E-state index in [1.165, 1.54) is 36.1 Å². The van der Waals surface area contributed by atoms with Crippen molar-refractivity contribution in [2.75, 3.05) is 11.1 Å². The molecule has 162 valence electrons. The van der Waals surface area contributed by atoms with Gasteiger partial charge in [0.2, 0.25) is 5.95 Å². The molecule has 0 aliphatic rings. The lowest BCUT2D eigenvalue weighted by molar-refractivity contribution is 0.0969. The number of hydrogen-bond donors (Lipinski definition) is 2. The molecule has 0 radical (unpaired) electrons. The molecule has 9 nitrogen and oxygen atoms in total. The Labute approximate surface area is 188 Å². The van der Waals surface area contributed by atoms with E-state index >= 15 is 0 Å². The second-order valence-corrected chi connectivity index (χ2v) is 9.48. The molecule has 1 unspecified atom stereocenters. The molecule has 11 heteroatoms. The standard InChI is InChI=1S/C20H22ClN7O2S/c1-10(5-13(29)12-6-15(22)26-9-25-12)18-23-8-14(31-18)17(30)28-19-24-7-11(21)16(27-19)20(2,3)4/h6-10H,5H2,1-4H3,(H2,22,25,26)(H,24,27,28,30). The van der Waals surface area contributed by atoms with Gasteiger partial charge in [-0.3, -0.25) is 14.9 Å². The lowest BCUT2D eigenvalue weighted by atomic mass is 9.92. The molecule has 1 atom stereocenters. The van der Waals surface area contributed by atoms with Crippen LogP contribution in [0.15, 0.2) is 24.8 Å². The summed E-state index contributed by atoms with van der Waals surface area (Å²) in [4.78, 5) is 45.9. The van der Waals surface area contributed by atoms with Gasteiger partial charge in [0.25, 0.3) is 5.91 Å². The van der Waals surface area contributed by atoms with Crippen LogP contribution >= 0.6 is 22.9 Å². The molecule has 0 fully saturated rings. The van der Waals surface area contributed by atoms with Crippen molar-refractivity contribution in [3.8, 4) is 0 Å². The topological polar surface area (TPSA) is 137 Å². The number of amides is 1. The molecule has 0 bridgehead atoms. The quantitative estimate of drug-likeness (QED) is 0.529. The first kappa shape index (κ1) is 22.7. The zero-order valence-electron chi connectivity index (χ0n) is 17.5. The first-order valence-corrected chi connectivity index (χ1v) is 10.6. The van der Waals surface area contributed by atoms with E-state index in [1.807, 2.05) is 27.7 Å². The van der Waals surface area contributed by atoms with E-state index in [0.717, 1.165) is 0 Å². The first-order chi connectivity index (χ1) is 14.5. The van der Waals surface area contributed by atoms with Gasteiger partial charge in [-0.05, 0) is 0 Å². The minimum absolute atomic E-state index is 0.166. The van der Waals surface area contributed by atoms with Crippen molar-refractivity contribution in [3.63, 3.8) is 0 Å². The number of nitrogens with one attached hydrogen (secondary N) is 1. The fourth-order valence-electron chi connectivity index (χ4n) is 2.73. The molecule has 1 amide bonds. The van der Waals surface area contributed by atoms with Gasteiger partial charge in [0.05, 0.1) is 28.1 Å². The van der Waals surface area contributed by atoms with Gasteiger partial charge in [0.15, 0.2) is 5.78 Å². The zero-order chi connectivity index (χ0) is 22.8. The number of Topliss-reactive ketones (excluding diaryl/α,β-unsaturated/α-hetero) is 1. The average Bonchev–Trinajstić information content (AvgIpc) is 3.19. The van der Waals surface area contributed by atoms with Gasteiger partial charge in [-0.2, -0.15) is 0 Å². The first-order valence-electron chi connectivity index (χ1n) is 9.45. The minimum Gasteiger partial charge on any atom is -0.384 e. The van der Waals surface area contributed by atoms with Gasteiger partial charge in [-0.1, -0.05) is 39.3 Å². The van der Waals surface area contributed by atoms with Crippen molar-refractivity contribution in [2.24, 2.45) is 0 Å². The van der Waals surface area contributed by atoms with Crippen molar-refractivity contribution in [1.29, 1.82) is 0 Å². The summed E-state index contributed by atoms with van der Waals surface area (Å²) in [5, 5.41) is 3.78. The third-order valence-corrected chi connectivity index (χ3v) is 5.82. The van der Waals surface area contributed by atoms with Crippen molar-refractivity contribution in [1.82, 2.24) is 24.9 Å². The highest BCUT2D eigenvalue weighted by atomic mass is 35.5. The van der Waals surface area contributed by atoms with Crippen LogP contribution in [0.4, 0.5) is 11.8 Å². The maximum Gasteiger partial charge on any atom is 0.269 e. The van der Waals surface area contributed by atoms with Crippen molar-refractivity contribution in [2.45, 2.75) is 45.4 Å². The molecule has 3 rings (SSSR count). The number of nitrogens with two attached hydrogens (primary N) is 1. The molecule has 3 heterocycles. The molecule has 31 heavy (non-hydrogen) atoms. The van der Waals surface area contributed by atoms with E-state index in [4.69, 9.17) is 17.3 Å². The molecule has 0 aliphatic carbocycles. The molecule has 0 aliphatic heterocycles. The van der Waals surface area contributed by atoms with Crippen LogP contribution in [0, 0.1) is 0 Å². The molecular weight excluding hydrogens is 438 g/mol. The van der Waals surface area contributed by atoms with Crippen LogP contribution in [0.1, 0.15) is 70.9 Å². The molecule has 0 spiro atoms. The van der Waals surface area contributed by atoms with E-state index in [0.29, 0.717) is 20.6 Å². The van der Waals surface area contributed by atoms with E-state index in [2.05, 4.69) is 30.2 Å². The van der Waals surface area contributed by atoms with Gasteiger partial charge in [0.1, 0.15) is 22.7 Å². The second-order valence-electron chi connectivity index (χ2n) is 8.01. The number of carbonyl (C=O) groups is 2. The molecule has 0 saturated carbocycles. The average molecular weight is 460 g/mol. The van der Waals surface area contributed by atoms with Crippen molar-refractivity contribution < 1.29 is 9.59 Å². The lowest BCUT2D eigenvalue weighted by Crippen LogP contribution is -2.18. The predicted octanol–water partition coefficient (Wildman–Crippen LogP) is 3.89. The number of ketones is 1. The Morgan fingerprint density at radius 3 is 2.61 bits per heavy atom. The molecule has 3 N–H and O–H groups in total. The van der Waals surface area contributed by atoms with Gasteiger partial charge >= 0.3 is 0 Å². The smallest absolute Gasteiger partial charge is 0.269 e. The highest BCUT2D eigenvalue weighted by molar-refractivity contribution is 7.13. The van der Waals surface area contributed by atoms with E-state index in [1.54, 1.807) is 0 Å². The van der Waals surface area contributed by atoms with Crippen LogP contribution in [0.2, 0.25) is 5.02 Å². The van der Waals surface area contributed by atoms with Crippen LogP contribution in [0.5, 0.6) is 0 Å². The number of aromatic nitrogens is 5. The van der Waals surface area contributed by atoms with Crippen LogP contribution in [0.25, 0.3) is 0 Å². The third-order valence-electron chi connectivity index (χ3n) is 4.31. The van der Waals surface area contributed by atoms with Gasteiger partial charge in [-0.15, -0.1) is 11.3 Å². The summed E-state index contributed by atoms with van der Waals surface area (Å²) in [6.07, 6.45) is 4.37. The Kier molecular flexibility index (Phi) is 6.61. The van der Waals surface area contributed by atoms with Gasteiger partial charge in [0, 0.05) is 23.8 Å². The van der Waals surface area contributed by atoms with E-state index in [-0.39, 0.29) is 46.9 Å².